The first-order chi connectivity index (χ1) is 10.4. The number of hydrogen-bond donors (Lipinski definition) is 0. The fourth-order valence-electron chi connectivity index (χ4n) is 1.91. The van der Waals surface area contributed by atoms with Gasteiger partial charge in [-0.1, -0.05) is 26.7 Å². The molecule has 0 heterocycles. The minimum atomic E-state index is -0.389. The summed E-state index contributed by atoms with van der Waals surface area (Å²) < 4.78 is 6.53. The van der Waals surface area contributed by atoms with Crippen molar-refractivity contribution >= 4 is 27.0 Å². The number of methoxy groups -OCH3 is 1. The highest BCUT2D eigenvalue weighted by Gasteiger charge is 2.22. The number of carbonyl (C=O) groups excluding carboxylic acids is 2. The third-order valence-electron chi connectivity index (χ3n) is 3.05. The zero-order valence-electron chi connectivity index (χ0n) is 13.2. The van der Waals surface area contributed by atoms with E-state index in [0.29, 0.717) is 12.1 Å². The van der Waals surface area contributed by atoms with Gasteiger partial charge in [-0.15, -0.1) is 0 Å². The van der Waals surface area contributed by atoms with E-state index in [-0.39, 0.29) is 17.9 Å². The van der Waals surface area contributed by atoms with Crippen molar-refractivity contribution in [1.29, 1.82) is 0 Å². The Bertz CT molecular complexity index is 546. The minimum Gasteiger partial charge on any atom is -0.468 e. The van der Waals surface area contributed by atoms with E-state index in [2.05, 4.69) is 19.7 Å². The first-order valence-electron chi connectivity index (χ1n) is 6.65. The van der Waals surface area contributed by atoms with Crippen molar-refractivity contribution in [1.82, 2.24) is 4.67 Å². The maximum atomic E-state index is 11.7. The van der Waals surface area contributed by atoms with Gasteiger partial charge in [0.1, 0.15) is 6.04 Å². The zero-order valence-corrected chi connectivity index (χ0v) is 14.3. The fraction of sp³-hybridized carbons (Fsp3) is 0.429. The molecule has 1 aromatic carbocycles. The number of ether oxygens (including phenoxy) is 1. The number of benzene rings is 1. The Labute approximate surface area is 132 Å². The van der Waals surface area contributed by atoms with Gasteiger partial charge in [0.2, 0.25) is 5.91 Å². The van der Waals surface area contributed by atoms with Gasteiger partial charge in [0.05, 0.1) is 19.8 Å². The number of anilines is 1. The average Bonchev–Trinajstić information content (AvgIpc) is 2.49. The van der Waals surface area contributed by atoms with Gasteiger partial charge in [0.15, 0.2) is 0 Å². The first-order valence-corrected chi connectivity index (χ1v) is 7.17. The molecule has 0 aliphatic carbocycles. The lowest BCUT2D eigenvalue weighted by molar-refractivity contribution is -0.144. The molecule has 0 aliphatic rings. The van der Waals surface area contributed by atoms with Crippen LogP contribution in [-0.4, -0.2) is 43.8 Å². The molecule has 0 radical (unpaired) electrons. The number of esters is 1. The number of carbonyl (C=O) groups is 2. The van der Waals surface area contributed by atoms with Crippen LogP contribution in [0, 0.1) is 0 Å². The van der Waals surface area contributed by atoms with Gasteiger partial charge >= 0.3 is 5.97 Å². The van der Waals surface area contributed by atoms with E-state index >= 15 is 0 Å². The van der Waals surface area contributed by atoms with Gasteiger partial charge < -0.3 is 4.74 Å². The molecule has 0 fully saturated rings. The van der Waals surface area contributed by atoms with Gasteiger partial charge in [-0.2, -0.15) is 10.1 Å². The largest absolute Gasteiger partial charge is 0.468 e. The quantitative estimate of drug-likeness (QED) is 0.346. The van der Waals surface area contributed by atoms with Gasteiger partial charge in [-0.05, 0) is 31.2 Å². The summed E-state index contributed by atoms with van der Waals surface area (Å²) in [4.78, 5) is 23.3. The van der Waals surface area contributed by atoms with Crippen molar-refractivity contribution in [2.24, 2.45) is 10.3 Å². The van der Waals surface area contributed by atoms with E-state index in [4.69, 9.17) is 4.74 Å². The van der Waals surface area contributed by atoms with Crippen LogP contribution in [0.4, 0.5) is 5.69 Å². The molecule has 0 saturated carbocycles. The van der Waals surface area contributed by atoms with E-state index in [1.807, 2.05) is 12.1 Å². The van der Waals surface area contributed by atoms with Gasteiger partial charge in [0.25, 0.3) is 0 Å². The molecule has 0 N–H and O–H groups in total. The van der Waals surface area contributed by atoms with Crippen LogP contribution in [-0.2, 0) is 20.7 Å². The lowest BCUT2D eigenvalue weighted by Gasteiger charge is -2.21. The molecule has 1 unspecified atom stereocenters. The Morgan fingerprint density at radius 2 is 1.91 bits per heavy atom. The van der Waals surface area contributed by atoms with Gasteiger partial charge in [-0.3, -0.25) is 14.3 Å². The van der Waals surface area contributed by atoms with Crippen molar-refractivity contribution in [3.8, 4) is 0 Å². The summed E-state index contributed by atoms with van der Waals surface area (Å²) in [6, 6.07) is 6.84. The SMILES string of the molecule is C/N=N\N(C(C)=O)c1ccc(C[C@@H](C(=O)OC)N(C)P)cc1. The summed E-state index contributed by atoms with van der Waals surface area (Å²) in [5.41, 5.74) is 1.57. The molecule has 0 saturated heterocycles. The normalized spacial score (nSPS) is 12.5. The monoisotopic (exact) mass is 324 g/mol. The lowest BCUT2D eigenvalue weighted by atomic mass is 10.1. The van der Waals surface area contributed by atoms with E-state index < -0.39 is 0 Å². The highest BCUT2D eigenvalue weighted by atomic mass is 31.0. The van der Waals surface area contributed by atoms with E-state index in [0.717, 1.165) is 5.56 Å². The van der Waals surface area contributed by atoms with Crippen molar-refractivity contribution < 1.29 is 14.3 Å². The van der Waals surface area contributed by atoms with Crippen LogP contribution in [0.3, 0.4) is 0 Å². The second kappa shape index (κ2) is 8.56. The third-order valence-corrected chi connectivity index (χ3v) is 3.41. The van der Waals surface area contributed by atoms with Crippen molar-refractivity contribution in [3.05, 3.63) is 29.8 Å². The van der Waals surface area contributed by atoms with Crippen molar-refractivity contribution in [3.63, 3.8) is 0 Å². The summed E-state index contributed by atoms with van der Waals surface area (Å²) in [5.74, 6) is -0.526. The summed E-state index contributed by atoms with van der Waals surface area (Å²) in [5, 5.41) is 8.61. The second-order valence-corrected chi connectivity index (χ2v) is 5.51. The minimum absolute atomic E-state index is 0.226. The van der Waals surface area contributed by atoms with Crippen LogP contribution in [0.1, 0.15) is 12.5 Å². The predicted octanol–water partition coefficient (Wildman–Crippen LogP) is 1.84. The number of likely N-dealkylation sites (N-methyl/N-ethyl adjacent to an activating group) is 1. The lowest BCUT2D eigenvalue weighted by Crippen LogP contribution is -2.35. The topological polar surface area (TPSA) is 74.6 Å². The van der Waals surface area contributed by atoms with Crippen LogP contribution in [0.2, 0.25) is 0 Å². The molecule has 22 heavy (non-hydrogen) atoms. The molecule has 0 spiro atoms. The van der Waals surface area contributed by atoms with Crippen LogP contribution >= 0.6 is 9.39 Å². The maximum Gasteiger partial charge on any atom is 0.323 e. The highest BCUT2D eigenvalue weighted by molar-refractivity contribution is 7.13. The number of nitrogens with zero attached hydrogens (tertiary/aromatic N) is 4. The molecule has 1 amide bonds. The third kappa shape index (κ3) is 4.86. The molecule has 2 atom stereocenters. The summed E-state index contributed by atoms with van der Waals surface area (Å²) in [6.45, 7) is 1.42. The van der Waals surface area contributed by atoms with Crippen LogP contribution < -0.4 is 5.01 Å². The standard InChI is InChI=1S/C14H21N4O3P/c1-10(19)18(16-15-2)12-7-5-11(6-8-12)9-13(17(3)22)14(20)21-4/h5-8,13H,9,22H2,1-4H3/b16-15-/t13-/m0/s1. The summed E-state index contributed by atoms with van der Waals surface area (Å²) in [6.07, 6.45) is 0.502. The molecule has 0 aromatic heterocycles. The average molecular weight is 324 g/mol. The van der Waals surface area contributed by atoms with E-state index in [9.17, 15) is 9.59 Å². The van der Waals surface area contributed by atoms with E-state index in [1.54, 1.807) is 23.9 Å². The van der Waals surface area contributed by atoms with Crippen LogP contribution in [0.25, 0.3) is 0 Å². The second-order valence-electron chi connectivity index (χ2n) is 4.70. The smallest absolute Gasteiger partial charge is 0.323 e. The Morgan fingerprint density at radius 1 is 1.32 bits per heavy atom. The Hall–Kier alpha value is -1.85. The number of rotatable bonds is 6. The highest BCUT2D eigenvalue weighted by Crippen LogP contribution is 2.19. The number of amides is 1. The number of hydrogen-bond acceptors (Lipinski definition) is 6. The van der Waals surface area contributed by atoms with E-state index in [1.165, 1.54) is 26.1 Å². The van der Waals surface area contributed by atoms with Crippen molar-refractivity contribution in [2.75, 3.05) is 26.2 Å². The molecule has 1 rings (SSSR count). The maximum absolute atomic E-state index is 11.7. The molecule has 0 aliphatic heterocycles. The molecular formula is C14H21N4O3P. The molecular weight excluding hydrogens is 303 g/mol. The zero-order chi connectivity index (χ0) is 16.7. The molecule has 120 valence electrons. The Kier molecular flexibility index (Phi) is 7.08. The molecule has 0 bridgehead atoms. The molecule has 8 heteroatoms. The summed E-state index contributed by atoms with van der Waals surface area (Å²) >= 11 is 0. The molecule has 7 nitrogen and oxygen atoms in total. The first kappa shape index (κ1) is 18.2. The summed E-state index contributed by atoms with van der Waals surface area (Å²) in [7, 11) is 7.13. The van der Waals surface area contributed by atoms with Crippen LogP contribution in [0.15, 0.2) is 34.6 Å². The predicted molar refractivity (Wildman–Crippen MR) is 87.4 cm³/mol. The Balaban J connectivity index is 2.92. The Morgan fingerprint density at radius 3 is 2.32 bits per heavy atom. The fourth-order valence-corrected chi connectivity index (χ4v) is 2.14. The van der Waals surface area contributed by atoms with Gasteiger partial charge in [0, 0.05) is 6.92 Å². The van der Waals surface area contributed by atoms with Crippen molar-refractivity contribution in [2.45, 2.75) is 19.4 Å². The van der Waals surface area contributed by atoms with Crippen LogP contribution in [0.5, 0.6) is 0 Å². The molecule has 1 aromatic rings. The van der Waals surface area contributed by atoms with Gasteiger partial charge in [-0.25, -0.2) is 0 Å².